The summed E-state index contributed by atoms with van der Waals surface area (Å²) < 4.78 is 1.10. The Morgan fingerprint density at radius 1 is 1.15 bits per heavy atom. The van der Waals surface area contributed by atoms with Crippen LogP contribution in [0.4, 0.5) is 0 Å². The van der Waals surface area contributed by atoms with Crippen molar-refractivity contribution >= 4 is 27.5 Å². The van der Waals surface area contributed by atoms with Crippen molar-refractivity contribution < 1.29 is 4.79 Å². The Balaban J connectivity index is 1.54. The van der Waals surface area contributed by atoms with Gasteiger partial charge in [-0.15, -0.1) is 0 Å². The van der Waals surface area contributed by atoms with E-state index in [1.807, 2.05) is 25.1 Å². The topological polar surface area (TPSA) is 77.0 Å². The average molecular weight is 505 g/mol. The van der Waals surface area contributed by atoms with Gasteiger partial charge in [0.1, 0.15) is 6.54 Å². The van der Waals surface area contributed by atoms with Crippen molar-refractivity contribution in [3.63, 3.8) is 0 Å². The number of hydrogen-bond donors (Lipinski definition) is 3. The van der Waals surface area contributed by atoms with Crippen molar-refractivity contribution in [1.29, 1.82) is 5.26 Å². The van der Waals surface area contributed by atoms with Crippen molar-refractivity contribution in [2.24, 2.45) is 0 Å². The third kappa shape index (κ3) is 5.66. The molecule has 0 saturated heterocycles. The third-order valence-electron chi connectivity index (χ3n) is 6.08. The second-order valence-electron chi connectivity index (χ2n) is 8.57. The average Bonchev–Trinajstić information content (AvgIpc) is 3.74. The third-order valence-corrected chi connectivity index (χ3v) is 6.58. The number of rotatable bonds is 10. The molecular formula is C27H29BrN4O. The lowest BCUT2D eigenvalue weighted by Crippen LogP contribution is -2.32. The monoisotopic (exact) mass is 504 g/mol. The second-order valence-corrected chi connectivity index (χ2v) is 9.49. The second kappa shape index (κ2) is 10.3. The maximum absolute atomic E-state index is 12.7. The summed E-state index contributed by atoms with van der Waals surface area (Å²) in [7, 11) is 0. The number of halogens is 1. The summed E-state index contributed by atoms with van der Waals surface area (Å²) in [6.45, 7) is 2.50. The van der Waals surface area contributed by atoms with Gasteiger partial charge in [0, 0.05) is 22.3 Å². The van der Waals surface area contributed by atoms with Gasteiger partial charge in [0.05, 0.1) is 17.3 Å². The molecule has 1 amide bonds. The first-order chi connectivity index (χ1) is 16.1. The van der Waals surface area contributed by atoms with Crippen LogP contribution in [0.15, 0.2) is 70.3 Å². The largest absolute Gasteiger partial charge is 0.375 e. The highest BCUT2D eigenvalue weighted by Gasteiger charge is 2.45. The molecule has 0 aliphatic heterocycles. The number of amides is 1. The maximum atomic E-state index is 12.7. The molecule has 6 heteroatoms. The van der Waals surface area contributed by atoms with E-state index in [1.165, 1.54) is 16.8 Å². The minimum Gasteiger partial charge on any atom is -0.375 e. The van der Waals surface area contributed by atoms with Crippen LogP contribution in [-0.4, -0.2) is 12.5 Å². The van der Waals surface area contributed by atoms with E-state index in [2.05, 4.69) is 74.3 Å². The van der Waals surface area contributed by atoms with E-state index in [0.29, 0.717) is 12.2 Å². The quantitative estimate of drug-likeness (QED) is 0.304. The summed E-state index contributed by atoms with van der Waals surface area (Å²) >= 11 is 3.61. The van der Waals surface area contributed by atoms with Crippen LogP contribution in [0, 0.1) is 11.3 Å². The zero-order chi connectivity index (χ0) is 23.3. The summed E-state index contributed by atoms with van der Waals surface area (Å²) in [6.07, 6.45) is 6.96. The van der Waals surface area contributed by atoms with Crippen LogP contribution in [0.2, 0.25) is 0 Å². The van der Waals surface area contributed by atoms with E-state index >= 15 is 0 Å². The van der Waals surface area contributed by atoms with Gasteiger partial charge in [0.2, 0.25) is 0 Å². The molecule has 170 valence electrons. The Labute approximate surface area is 204 Å². The molecule has 2 saturated carbocycles. The van der Waals surface area contributed by atoms with E-state index in [4.69, 9.17) is 5.26 Å². The summed E-state index contributed by atoms with van der Waals surface area (Å²) in [6, 6.07) is 18.9. The number of nitrogens with one attached hydrogen (secondary N) is 3. The van der Waals surface area contributed by atoms with Crippen molar-refractivity contribution in [1.82, 2.24) is 16.0 Å². The summed E-state index contributed by atoms with van der Waals surface area (Å²) in [5.74, 6) is -0.191. The molecule has 2 aliphatic carbocycles. The molecule has 0 unspecified atom stereocenters. The molecule has 0 atom stereocenters. The number of carbonyl (C=O) groups excluding carboxylic acids is 1. The molecule has 2 aliphatic rings. The summed E-state index contributed by atoms with van der Waals surface area (Å²) in [4.78, 5) is 12.7. The lowest BCUT2D eigenvalue weighted by atomic mass is 9.99. The van der Waals surface area contributed by atoms with Crippen LogP contribution in [0.3, 0.4) is 0 Å². The van der Waals surface area contributed by atoms with Gasteiger partial charge < -0.3 is 16.0 Å². The number of carbonyl (C=O) groups is 1. The lowest BCUT2D eigenvalue weighted by Gasteiger charge is -2.24. The predicted octanol–water partition coefficient (Wildman–Crippen LogP) is 5.26. The van der Waals surface area contributed by atoms with Crippen molar-refractivity contribution in [3.05, 3.63) is 87.0 Å². The highest BCUT2D eigenvalue weighted by molar-refractivity contribution is 9.10. The van der Waals surface area contributed by atoms with Crippen molar-refractivity contribution in [3.8, 4) is 6.07 Å². The first-order valence-corrected chi connectivity index (χ1v) is 12.3. The van der Waals surface area contributed by atoms with Gasteiger partial charge in [0.15, 0.2) is 0 Å². The fourth-order valence-electron chi connectivity index (χ4n) is 4.07. The van der Waals surface area contributed by atoms with Gasteiger partial charge in [-0.25, -0.2) is 0 Å². The summed E-state index contributed by atoms with van der Waals surface area (Å²) in [5, 5.41) is 18.7. The minimum atomic E-state index is -0.191. The molecule has 2 aromatic rings. The van der Waals surface area contributed by atoms with E-state index in [-0.39, 0.29) is 18.0 Å². The number of benzene rings is 2. The van der Waals surface area contributed by atoms with Gasteiger partial charge in [-0.1, -0.05) is 65.3 Å². The van der Waals surface area contributed by atoms with E-state index in [1.54, 1.807) is 0 Å². The zero-order valence-electron chi connectivity index (χ0n) is 18.9. The number of nitrogens with zero attached hydrogens (tertiary/aromatic N) is 1. The van der Waals surface area contributed by atoms with Crippen LogP contribution < -0.4 is 16.0 Å². The van der Waals surface area contributed by atoms with Gasteiger partial charge >= 0.3 is 0 Å². The smallest absolute Gasteiger partial charge is 0.267 e. The number of allylic oxidation sites excluding steroid dienone is 2. The fraction of sp³-hybridized carbons (Fsp3) is 0.333. The molecule has 5 nitrogen and oxygen atoms in total. The number of hydrogen-bond acceptors (Lipinski definition) is 4. The lowest BCUT2D eigenvalue weighted by molar-refractivity contribution is -0.118. The van der Waals surface area contributed by atoms with Gasteiger partial charge in [-0.3, -0.25) is 4.79 Å². The Bertz CT molecular complexity index is 1130. The van der Waals surface area contributed by atoms with Crippen LogP contribution >= 0.6 is 15.9 Å². The van der Waals surface area contributed by atoms with Crippen molar-refractivity contribution in [2.75, 3.05) is 6.54 Å². The molecule has 2 aromatic carbocycles. The molecule has 33 heavy (non-hydrogen) atoms. The Hall–Kier alpha value is -3.04. The molecule has 0 aromatic heterocycles. The van der Waals surface area contributed by atoms with Gasteiger partial charge in [-0.2, -0.15) is 5.26 Å². The Kier molecular flexibility index (Phi) is 7.20. The van der Waals surface area contributed by atoms with Crippen LogP contribution in [0.25, 0.3) is 5.70 Å². The van der Waals surface area contributed by atoms with E-state index in [0.717, 1.165) is 47.7 Å². The zero-order valence-corrected chi connectivity index (χ0v) is 20.5. The first kappa shape index (κ1) is 23.1. The molecule has 0 radical (unpaired) electrons. The molecule has 2 fully saturated rings. The minimum absolute atomic E-state index is 0.0245. The highest BCUT2D eigenvalue weighted by Crippen LogP contribution is 2.49. The molecular weight excluding hydrogens is 476 g/mol. The van der Waals surface area contributed by atoms with Gasteiger partial charge in [-0.05, 0) is 60.9 Å². The Morgan fingerprint density at radius 2 is 1.94 bits per heavy atom. The Morgan fingerprint density at radius 3 is 2.61 bits per heavy atom. The molecule has 4 rings (SSSR count). The van der Waals surface area contributed by atoms with Crippen LogP contribution in [0.1, 0.15) is 55.7 Å². The van der Waals surface area contributed by atoms with E-state index in [9.17, 15) is 4.79 Å². The SMILES string of the molecule is CC/C=C(\NCC#N)C(=O)NCc1ccccc1C(NC1(c2cccc(Br)c2)CC1)=C1CC1. The molecule has 0 bridgehead atoms. The normalized spacial score (nSPS) is 15.9. The van der Waals surface area contributed by atoms with Crippen LogP contribution in [-0.2, 0) is 16.9 Å². The molecule has 0 spiro atoms. The maximum Gasteiger partial charge on any atom is 0.267 e. The fourth-order valence-corrected chi connectivity index (χ4v) is 4.47. The molecule has 3 N–H and O–H groups in total. The van der Waals surface area contributed by atoms with E-state index < -0.39 is 0 Å². The predicted molar refractivity (Wildman–Crippen MR) is 135 cm³/mol. The van der Waals surface area contributed by atoms with Gasteiger partial charge in [0.25, 0.3) is 5.91 Å². The van der Waals surface area contributed by atoms with Crippen molar-refractivity contribution in [2.45, 2.75) is 51.1 Å². The standard InChI is InChI=1S/C27H29BrN4O/c1-2-6-24(30-16-15-29)26(33)31-18-20-7-3-4-10-23(20)25(19-11-12-19)32-27(13-14-27)21-8-5-9-22(28)17-21/h3-10,17,30,32H,2,11-14,16,18H2,1H3,(H,31,33)/b24-6-. The number of nitriles is 1. The van der Waals surface area contributed by atoms with Crippen LogP contribution in [0.5, 0.6) is 0 Å². The first-order valence-electron chi connectivity index (χ1n) is 11.5. The summed E-state index contributed by atoms with van der Waals surface area (Å²) in [5.41, 5.74) is 6.61. The molecule has 0 heterocycles. The highest BCUT2D eigenvalue weighted by atomic mass is 79.9.